The lowest BCUT2D eigenvalue weighted by atomic mass is 10.1. The number of aromatic nitrogens is 3. The maximum Gasteiger partial charge on any atom is 0.226 e. The van der Waals surface area contributed by atoms with Crippen molar-refractivity contribution in [3.05, 3.63) is 30.1 Å². The molecule has 8 nitrogen and oxygen atoms in total. The summed E-state index contributed by atoms with van der Waals surface area (Å²) in [5, 5.41) is 0. The van der Waals surface area contributed by atoms with Gasteiger partial charge in [-0.2, -0.15) is 0 Å². The Hall–Kier alpha value is -2.26. The zero-order chi connectivity index (χ0) is 18.9. The summed E-state index contributed by atoms with van der Waals surface area (Å²) >= 11 is 0. The molecule has 2 N–H and O–H groups in total. The largest absolute Gasteiger partial charge is 0.384 e. The van der Waals surface area contributed by atoms with Crippen molar-refractivity contribution >= 4 is 21.6 Å². The first-order chi connectivity index (χ1) is 12.2. The average Bonchev–Trinajstić information content (AvgIpc) is 2.62. The summed E-state index contributed by atoms with van der Waals surface area (Å²) in [5.74, 6) is 0.905. The third-order valence-corrected chi connectivity index (χ3v) is 6.70. The number of hydrogen-bond donors (Lipinski definition) is 1. The molecule has 3 rings (SSSR count). The minimum Gasteiger partial charge on any atom is -0.384 e. The van der Waals surface area contributed by atoms with Gasteiger partial charge in [0, 0.05) is 31.1 Å². The van der Waals surface area contributed by atoms with E-state index in [0.29, 0.717) is 49.5 Å². The number of pyridine rings is 1. The second-order valence-corrected chi connectivity index (χ2v) is 9.36. The molecular formula is C17H23N5O3S. The van der Waals surface area contributed by atoms with E-state index >= 15 is 0 Å². The van der Waals surface area contributed by atoms with Crippen molar-refractivity contribution in [1.82, 2.24) is 15.0 Å². The monoisotopic (exact) mass is 377 g/mol. The van der Waals surface area contributed by atoms with Crippen LogP contribution in [0.15, 0.2) is 24.4 Å². The molecule has 26 heavy (non-hydrogen) atoms. The molecule has 1 aliphatic rings. The lowest BCUT2D eigenvalue weighted by molar-refractivity contribution is 0.122. The summed E-state index contributed by atoms with van der Waals surface area (Å²) < 4.78 is 28.9. The van der Waals surface area contributed by atoms with Gasteiger partial charge in [0.1, 0.15) is 10.6 Å². The first-order valence-corrected chi connectivity index (χ1v) is 10.2. The van der Waals surface area contributed by atoms with Gasteiger partial charge in [-0.15, -0.1) is 0 Å². The van der Waals surface area contributed by atoms with Gasteiger partial charge in [-0.3, -0.25) is 0 Å². The molecule has 0 unspecified atom stereocenters. The predicted octanol–water partition coefficient (Wildman–Crippen LogP) is 1.24. The van der Waals surface area contributed by atoms with Crippen LogP contribution in [-0.2, 0) is 19.3 Å². The Labute approximate surface area is 153 Å². The van der Waals surface area contributed by atoms with E-state index in [0.717, 1.165) is 5.56 Å². The molecule has 0 amide bonds. The van der Waals surface area contributed by atoms with E-state index in [9.17, 15) is 8.42 Å². The first-order valence-electron chi connectivity index (χ1n) is 8.32. The lowest BCUT2D eigenvalue weighted by Gasteiger charge is -2.29. The smallest absolute Gasteiger partial charge is 0.226 e. The first kappa shape index (κ1) is 18.5. The molecule has 1 aliphatic heterocycles. The molecular weight excluding hydrogens is 354 g/mol. The van der Waals surface area contributed by atoms with Crippen LogP contribution in [0, 0.1) is 0 Å². The number of nitrogen functional groups attached to an aromatic ring is 1. The van der Waals surface area contributed by atoms with Crippen LogP contribution in [0.1, 0.15) is 19.5 Å². The molecule has 1 saturated heterocycles. The van der Waals surface area contributed by atoms with Crippen LogP contribution in [0.2, 0.25) is 0 Å². The number of rotatable bonds is 4. The van der Waals surface area contributed by atoms with Gasteiger partial charge >= 0.3 is 0 Å². The number of hydrogen-bond acceptors (Lipinski definition) is 8. The molecule has 0 aliphatic carbocycles. The molecule has 0 atom stereocenters. The van der Waals surface area contributed by atoms with E-state index in [2.05, 4.69) is 15.0 Å². The lowest BCUT2D eigenvalue weighted by Crippen LogP contribution is -2.38. The van der Waals surface area contributed by atoms with Crippen LogP contribution in [0.5, 0.6) is 0 Å². The van der Waals surface area contributed by atoms with E-state index in [1.165, 1.54) is 6.26 Å². The van der Waals surface area contributed by atoms with Gasteiger partial charge in [0.25, 0.3) is 0 Å². The highest BCUT2D eigenvalue weighted by molar-refractivity contribution is 7.91. The number of morpholine rings is 1. The normalized spacial score (nSPS) is 15.9. The summed E-state index contributed by atoms with van der Waals surface area (Å²) in [5.41, 5.74) is 7.47. The van der Waals surface area contributed by atoms with Crippen LogP contribution in [0.4, 0.5) is 11.8 Å². The molecule has 1 fully saturated rings. The van der Waals surface area contributed by atoms with Crippen molar-refractivity contribution in [3.63, 3.8) is 0 Å². The molecule has 3 heterocycles. The fraction of sp³-hybridized carbons (Fsp3) is 0.471. The second kappa shape index (κ2) is 6.81. The van der Waals surface area contributed by atoms with Gasteiger partial charge in [-0.1, -0.05) is 0 Å². The van der Waals surface area contributed by atoms with E-state index in [1.54, 1.807) is 32.2 Å². The van der Waals surface area contributed by atoms with Crippen molar-refractivity contribution in [3.8, 4) is 11.3 Å². The van der Waals surface area contributed by atoms with Crippen LogP contribution in [0.3, 0.4) is 0 Å². The maximum atomic E-state index is 12.3. The Morgan fingerprint density at radius 1 is 1.19 bits per heavy atom. The van der Waals surface area contributed by atoms with Crippen LogP contribution in [-0.4, -0.2) is 55.9 Å². The van der Waals surface area contributed by atoms with Crippen LogP contribution >= 0.6 is 0 Å². The molecule has 0 saturated carbocycles. The van der Waals surface area contributed by atoms with Crippen LogP contribution in [0.25, 0.3) is 11.3 Å². The molecule has 0 radical (unpaired) electrons. The highest BCUT2D eigenvalue weighted by Gasteiger charge is 2.35. The summed E-state index contributed by atoms with van der Waals surface area (Å²) in [6.07, 6.45) is 2.84. The van der Waals surface area contributed by atoms with Crippen molar-refractivity contribution < 1.29 is 13.2 Å². The number of sulfone groups is 1. The van der Waals surface area contributed by atoms with E-state index in [-0.39, 0.29) is 0 Å². The number of nitrogens with zero attached hydrogens (tertiary/aromatic N) is 4. The Balaban J connectivity index is 2.14. The molecule has 0 spiro atoms. The van der Waals surface area contributed by atoms with Gasteiger partial charge in [0.05, 0.1) is 24.6 Å². The van der Waals surface area contributed by atoms with Crippen LogP contribution < -0.4 is 10.6 Å². The topological polar surface area (TPSA) is 111 Å². The van der Waals surface area contributed by atoms with Crippen molar-refractivity contribution in [1.29, 1.82) is 0 Å². The highest BCUT2D eigenvalue weighted by Crippen LogP contribution is 2.31. The Morgan fingerprint density at radius 2 is 1.88 bits per heavy atom. The fourth-order valence-electron chi connectivity index (χ4n) is 2.54. The Morgan fingerprint density at radius 3 is 2.46 bits per heavy atom. The SMILES string of the molecule is CC(C)(c1cc(-c2ccc(N)nc2)nc(N2CCOCC2)n1)S(C)(=O)=O. The average molecular weight is 377 g/mol. The van der Waals surface area contributed by atoms with Gasteiger partial charge < -0.3 is 15.4 Å². The fourth-order valence-corrected chi connectivity index (χ4v) is 3.03. The predicted molar refractivity (Wildman–Crippen MR) is 101 cm³/mol. The van der Waals surface area contributed by atoms with Crippen molar-refractivity contribution in [2.45, 2.75) is 18.6 Å². The zero-order valence-electron chi connectivity index (χ0n) is 15.1. The summed E-state index contributed by atoms with van der Waals surface area (Å²) in [7, 11) is -3.38. The summed E-state index contributed by atoms with van der Waals surface area (Å²) in [4.78, 5) is 15.3. The third-order valence-electron chi connectivity index (χ3n) is 4.63. The number of ether oxygens (including phenoxy) is 1. The summed E-state index contributed by atoms with van der Waals surface area (Å²) in [6.45, 7) is 5.78. The molecule has 0 aromatic carbocycles. The standard InChI is InChI=1S/C17H23N5O3S/c1-17(2,26(3,23)24)14-10-13(12-4-5-15(18)19-11-12)20-16(21-14)22-6-8-25-9-7-22/h4-5,10-11H,6-9H2,1-3H3,(H2,18,19). The van der Waals surface area contributed by atoms with Gasteiger partial charge in [0.2, 0.25) is 5.95 Å². The number of anilines is 2. The van der Waals surface area contributed by atoms with Gasteiger partial charge in [-0.25, -0.2) is 23.4 Å². The number of nitrogens with two attached hydrogens (primary N) is 1. The minimum atomic E-state index is -3.38. The Bertz CT molecular complexity index is 891. The van der Waals surface area contributed by atoms with E-state index in [4.69, 9.17) is 10.5 Å². The summed E-state index contributed by atoms with van der Waals surface area (Å²) in [6, 6.07) is 5.20. The van der Waals surface area contributed by atoms with Gasteiger partial charge in [-0.05, 0) is 32.0 Å². The second-order valence-electron chi connectivity index (χ2n) is 6.79. The van der Waals surface area contributed by atoms with Gasteiger partial charge in [0.15, 0.2) is 9.84 Å². The van der Waals surface area contributed by atoms with Crippen molar-refractivity contribution in [2.75, 3.05) is 43.2 Å². The van der Waals surface area contributed by atoms with Crippen molar-refractivity contribution in [2.24, 2.45) is 0 Å². The van der Waals surface area contributed by atoms with E-state index < -0.39 is 14.6 Å². The zero-order valence-corrected chi connectivity index (χ0v) is 16.0. The third kappa shape index (κ3) is 3.63. The molecule has 0 bridgehead atoms. The molecule has 2 aromatic rings. The van der Waals surface area contributed by atoms with E-state index in [1.807, 2.05) is 11.0 Å². The maximum absolute atomic E-state index is 12.3. The molecule has 140 valence electrons. The minimum absolute atomic E-state index is 0.410. The molecule has 9 heteroatoms. The molecule has 2 aromatic heterocycles. The Kier molecular flexibility index (Phi) is 4.85. The quantitative estimate of drug-likeness (QED) is 0.847. The highest BCUT2D eigenvalue weighted by atomic mass is 32.2.